The molecule has 29 heavy (non-hydrogen) atoms. The predicted molar refractivity (Wildman–Crippen MR) is 111 cm³/mol. The fraction of sp³-hybridized carbons (Fsp3) is 0.238. The number of hydrogen-bond acceptors (Lipinski definition) is 4. The van der Waals surface area contributed by atoms with Gasteiger partial charge in [-0.15, -0.1) is 0 Å². The summed E-state index contributed by atoms with van der Waals surface area (Å²) in [4.78, 5) is 15.4. The van der Waals surface area contributed by atoms with Crippen LogP contribution in [-0.2, 0) is 16.8 Å². The van der Waals surface area contributed by atoms with Crippen molar-refractivity contribution < 1.29 is 13.2 Å². The van der Waals surface area contributed by atoms with Crippen molar-refractivity contribution in [2.45, 2.75) is 18.6 Å². The molecule has 6 nitrogen and oxygen atoms in total. The molecule has 3 aromatic rings. The topological polar surface area (TPSA) is 75.4 Å². The zero-order valence-corrected chi connectivity index (χ0v) is 16.4. The van der Waals surface area contributed by atoms with Crippen LogP contribution < -0.4 is 10.5 Å². The maximum Gasteiger partial charge on any atom is 0.295 e. The first-order valence-electron chi connectivity index (χ1n) is 9.33. The van der Waals surface area contributed by atoms with Crippen LogP contribution in [0.25, 0.3) is 16.8 Å². The first-order chi connectivity index (χ1) is 14.0. The zero-order chi connectivity index (χ0) is 20.4. The van der Waals surface area contributed by atoms with Crippen molar-refractivity contribution in [3.8, 4) is 16.8 Å². The average Bonchev–Trinajstić information content (AvgIpc) is 3.23. The second-order valence-electron chi connectivity index (χ2n) is 6.96. The summed E-state index contributed by atoms with van der Waals surface area (Å²) in [5.74, 6) is -0.314. The average molecular weight is 413 g/mol. The third kappa shape index (κ3) is 4.13. The summed E-state index contributed by atoms with van der Waals surface area (Å²) in [7, 11) is 0. The van der Waals surface area contributed by atoms with Gasteiger partial charge in [-0.25, -0.2) is 8.60 Å². The van der Waals surface area contributed by atoms with Gasteiger partial charge in [0.1, 0.15) is 11.5 Å². The summed E-state index contributed by atoms with van der Waals surface area (Å²) in [6, 6.07) is 12.9. The summed E-state index contributed by atoms with van der Waals surface area (Å²) in [5, 5.41) is 4.32. The highest BCUT2D eigenvalue weighted by molar-refractivity contribution is 7.78. The number of nitrogens with zero attached hydrogens (tertiary/aromatic N) is 3. The van der Waals surface area contributed by atoms with Crippen LogP contribution in [0, 0.1) is 5.82 Å². The van der Waals surface area contributed by atoms with Crippen molar-refractivity contribution in [1.82, 2.24) is 9.78 Å². The lowest BCUT2D eigenvalue weighted by Gasteiger charge is -2.21. The Labute approximate surface area is 169 Å². The second kappa shape index (κ2) is 8.26. The lowest BCUT2D eigenvalue weighted by Crippen LogP contribution is -2.31. The molecular weight excluding hydrogens is 393 g/mol. The van der Waals surface area contributed by atoms with E-state index in [4.69, 9.17) is 4.55 Å². The smallest absolute Gasteiger partial charge is 0.295 e. The first-order valence-corrected chi connectivity index (χ1v) is 10.6. The van der Waals surface area contributed by atoms with E-state index in [1.54, 1.807) is 18.3 Å². The molecule has 150 valence electrons. The predicted octanol–water partition coefficient (Wildman–Crippen LogP) is 3.36. The third-order valence-corrected chi connectivity index (χ3v) is 5.58. The van der Waals surface area contributed by atoms with E-state index in [0.717, 1.165) is 37.1 Å². The number of halogens is 1. The van der Waals surface area contributed by atoms with Crippen LogP contribution in [0.1, 0.15) is 18.4 Å². The molecule has 1 saturated heterocycles. The Morgan fingerprint density at radius 3 is 2.31 bits per heavy atom. The molecule has 0 radical (unpaired) electrons. The number of rotatable bonds is 5. The normalized spacial score (nSPS) is 14.9. The largest absolute Gasteiger partial charge is 0.366 e. The van der Waals surface area contributed by atoms with E-state index in [9.17, 15) is 13.4 Å². The van der Waals surface area contributed by atoms with Gasteiger partial charge in [0.25, 0.3) is 5.56 Å². The van der Waals surface area contributed by atoms with Crippen molar-refractivity contribution in [1.29, 1.82) is 0 Å². The lowest BCUT2D eigenvalue weighted by atomic mass is 10.0. The van der Waals surface area contributed by atoms with Crippen LogP contribution in [0.15, 0.2) is 59.5 Å². The van der Waals surface area contributed by atoms with Gasteiger partial charge in [-0.3, -0.25) is 4.79 Å². The minimum absolute atomic E-state index is 0.0592. The van der Waals surface area contributed by atoms with Gasteiger partial charge < -0.3 is 9.45 Å². The first kappa shape index (κ1) is 19.5. The highest BCUT2D eigenvalue weighted by atomic mass is 32.2. The Balaban J connectivity index is 1.81. The molecule has 1 N–H and O–H groups in total. The molecule has 1 atom stereocenters. The number of anilines is 1. The number of hydrogen-bond donors (Lipinski definition) is 1. The standard InChI is InChI=1S/C21H20FN3O3S/c22-17-7-9-18(10-8-17)25-21(26)20(24-11-1-2-12-24)19(13-23-25)16-5-3-15(4-6-16)14-29(27)28/h3-10,13H,1-2,11-12,14H2,(H,27,28). The van der Waals surface area contributed by atoms with Crippen molar-refractivity contribution >= 4 is 16.8 Å². The molecule has 8 heteroatoms. The maximum atomic E-state index is 13.3. The zero-order valence-electron chi connectivity index (χ0n) is 15.6. The Morgan fingerprint density at radius 2 is 1.69 bits per heavy atom. The maximum absolute atomic E-state index is 13.3. The fourth-order valence-corrected chi connectivity index (χ4v) is 4.07. The van der Waals surface area contributed by atoms with Gasteiger partial charge in [0.2, 0.25) is 0 Å². The minimum atomic E-state index is -1.90. The molecule has 0 spiro atoms. The third-order valence-electron chi connectivity index (χ3n) is 5.00. The Morgan fingerprint density at radius 1 is 1.03 bits per heavy atom. The molecule has 2 heterocycles. The molecule has 2 aromatic carbocycles. The van der Waals surface area contributed by atoms with Crippen LogP contribution in [0.4, 0.5) is 10.1 Å². The summed E-state index contributed by atoms with van der Waals surface area (Å²) in [6.07, 6.45) is 3.68. The van der Waals surface area contributed by atoms with Gasteiger partial charge in [0, 0.05) is 18.7 Å². The lowest BCUT2D eigenvalue weighted by molar-refractivity contribution is 0.563. The van der Waals surface area contributed by atoms with Gasteiger partial charge in [-0.1, -0.05) is 24.3 Å². The highest BCUT2D eigenvalue weighted by Crippen LogP contribution is 2.30. The summed E-state index contributed by atoms with van der Waals surface area (Å²) >= 11 is -1.90. The molecule has 1 aliphatic rings. The van der Waals surface area contributed by atoms with E-state index in [2.05, 4.69) is 10.00 Å². The number of benzene rings is 2. The SMILES string of the molecule is O=c1c(N2CCCC2)c(-c2ccc(CS(=O)O)cc2)cnn1-c1ccc(F)cc1. The Hall–Kier alpha value is -2.84. The van der Waals surface area contributed by atoms with Gasteiger partial charge in [0.15, 0.2) is 11.1 Å². The fourth-order valence-electron chi connectivity index (χ4n) is 3.59. The molecule has 0 saturated carbocycles. The van der Waals surface area contributed by atoms with Crippen LogP contribution in [-0.4, -0.2) is 31.6 Å². The Kier molecular flexibility index (Phi) is 5.55. The summed E-state index contributed by atoms with van der Waals surface area (Å²) < 4.78 is 34.6. The molecule has 0 bridgehead atoms. The van der Waals surface area contributed by atoms with Crippen molar-refractivity contribution in [2.75, 3.05) is 18.0 Å². The molecule has 1 unspecified atom stereocenters. The van der Waals surface area contributed by atoms with E-state index in [0.29, 0.717) is 16.9 Å². The molecule has 4 rings (SSSR count). The number of aromatic nitrogens is 2. The molecule has 0 aliphatic carbocycles. The molecule has 1 aromatic heterocycles. The van der Waals surface area contributed by atoms with E-state index < -0.39 is 11.1 Å². The molecule has 1 aliphatic heterocycles. The van der Waals surface area contributed by atoms with E-state index >= 15 is 0 Å². The van der Waals surface area contributed by atoms with E-state index in [1.807, 2.05) is 12.1 Å². The Bertz CT molecular complexity index is 1090. The van der Waals surface area contributed by atoms with Crippen molar-refractivity contribution in [2.24, 2.45) is 0 Å². The van der Waals surface area contributed by atoms with Gasteiger partial charge in [0.05, 0.1) is 17.6 Å². The summed E-state index contributed by atoms with van der Waals surface area (Å²) in [6.45, 7) is 1.58. The van der Waals surface area contributed by atoms with Crippen LogP contribution in [0.2, 0.25) is 0 Å². The van der Waals surface area contributed by atoms with Crippen molar-refractivity contribution in [3.63, 3.8) is 0 Å². The van der Waals surface area contributed by atoms with E-state index in [-0.39, 0.29) is 17.1 Å². The minimum Gasteiger partial charge on any atom is -0.366 e. The van der Waals surface area contributed by atoms with Crippen LogP contribution in [0.3, 0.4) is 0 Å². The summed E-state index contributed by atoms with van der Waals surface area (Å²) in [5.41, 5.74) is 3.09. The molecule has 1 fully saturated rings. The highest BCUT2D eigenvalue weighted by Gasteiger charge is 2.22. The van der Waals surface area contributed by atoms with E-state index in [1.165, 1.54) is 28.9 Å². The molecule has 0 amide bonds. The van der Waals surface area contributed by atoms with Gasteiger partial charge in [-0.05, 0) is 48.2 Å². The quantitative estimate of drug-likeness (QED) is 0.649. The van der Waals surface area contributed by atoms with Crippen LogP contribution in [0.5, 0.6) is 0 Å². The van der Waals surface area contributed by atoms with Gasteiger partial charge in [-0.2, -0.15) is 9.78 Å². The monoisotopic (exact) mass is 413 g/mol. The molecular formula is C21H20FN3O3S. The second-order valence-corrected chi connectivity index (χ2v) is 7.89. The van der Waals surface area contributed by atoms with Crippen LogP contribution >= 0.6 is 0 Å². The van der Waals surface area contributed by atoms with Crippen molar-refractivity contribution in [3.05, 3.63) is 76.5 Å². The van der Waals surface area contributed by atoms with Gasteiger partial charge >= 0.3 is 0 Å².